The number of aromatic hydroxyl groups is 1. The summed E-state index contributed by atoms with van der Waals surface area (Å²) in [5, 5.41) is 21.5. The van der Waals surface area contributed by atoms with Gasteiger partial charge < -0.3 is 15.5 Å². The van der Waals surface area contributed by atoms with Crippen molar-refractivity contribution in [2.45, 2.75) is 12.0 Å². The maximum atomic E-state index is 14.2. The number of nitrogens with zero attached hydrogens (tertiary/aromatic N) is 1. The number of alkyl halides is 2. The molecule has 118 valence electrons. The lowest BCUT2D eigenvalue weighted by Crippen LogP contribution is -2.51. The van der Waals surface area contributed by atoms with Gasteiger partial charge in [-0.2, -0.15) is 0 Å². The van der Waals surface area contributed by atoms with E-state index < -0.39 is 18.6 Å². The Bertz CT molecular complexity index is 488. The smallest absolute Gasteiger partial charge is 0.289 e. The van der Waals surface area contributed by atoms with Crippen LogP contribution in [0.25, 0.3) is 0 Å². The molecule has 1 saturated heterocycles. The van der Waals surface area contributed by atoms with Crippen LogP contribution in [0.3, 0.4) is 0 Å². The first-order valence-electron chi connectivity index (χ1n) is 6.48. The third-order valence-electron chi connectivity index (χ3n) is 3.48. The molecule has 1 aromatic rings. The number of phenols is 1. The summed E-state index contributed by atoms with van der Waals surface area (Å²) in [6.45, 7) is 0.708. The molecular weight excluding hydrogens is 325 g/mol. The molecule has 1 aliphatic heterocycles. The largest absolute Gasteiger partial charge is 0.505 e. The summed E-state index contributed by atoms with van der Waals surface area (Å²) in [7, 11) is 0. The molecule has 0 unspecified atom stereocenters. The molecule has 0 aromatic heterocycles. The second kappa shape index (κ2) is 6.62. The Labute approximate surface area is 131 Å². The summed E-state index contributed by atoms with van der Waals surface area (Å²) in [5.74, 6) is -3.69. The van der Waals surface area contributed by atoms with Crippen molar-refractivity contribution in [2.24, 2.45) is 0 Å². The Hall–Kier alpha value is -0.660. The number of piperazine rings is 1. The molecular formula is C13H16Cl2F2N2O2. The summed E-state index contributed by atoms with van der Waals surface area (Å²) in [6.07, 6.45) is 0. The highest BCUT2D eigenvalue weighted by atomic mass is 35.5. The van der Waals surface area contributed by atoms with Crippen LogP contribution in [0.2, 0.25) is 10.0 Å². The first-order chi connectivity index (χ1) is 9.86. The SMILES string of the molecule is OCC(F)(F)[C@@H](c1cc(Cl)c(O)c(Cl)c1)N1CCNCC1. The lowest BCUT2D eigenvalue weighted by molar-refractivity contribution is -0.118. The molecule has 21 heavy (non-hydrogen) atoms. The van der Waals surface area contributed by atoms with Gasteiger partial charge in [0.05, 0.1) is 10.0 Å². The number of aliphatic hydroxyl groups excluding tert-OH is 1. The van der Waals surface area contributed by atoms with Crippen molar-refractivity contribution in [1.29, 1.82) is 0 Å². The Kier molecular flexibility index (Phi) is 5.27. The molecule has 1 atom stereocenters. The molecule has 0 spiro atoms. The maximum absolute atomic E-state index is 14.2. The normalized spacial score (nSPS) is 18.7. The second-order valence-corrected chi connectivity index (χ2v) is 5.76. The van der Waals surface area contributed by atoms with Gasteiger partial charge in [0.15, 0.2) is 5.75 Å². The number of hydrogen-bond acceptors (Lipinski definition) is 4. The quantitative estimate of drug-likeness (QED) is 0.787. The summed E-state index contributed by atoms with van der Waals surface area (Å²) in [6, 6.07) is 1.18. The van der Waals surface area contributed by atoms with E-state index in [1.807, 2.05) is 0 Å². The van der Waals surface area contributed by atoms with Crippen LogP contribution in [-0.2, 0) is 0 Å². The average Bonchev–Trinajstić information content (AvgIpc) is 2.46. The molecule has 1 heterocycles. The van der Waals surface area contributed by atoms with E-state index >= 15 is 0 Å². The lowest BCUT2D eigenvalue weighted by atomic mass is 9.98. The Balaban J connectivity index is 2.44. The van der Waals surface area contributed by atoms with Gasteiger partial charge in [0.2, 0.25) is 0 Å². The fraction of sp³-hybridized carbons (Fsp3) is 0.538. The molecule has 0 radical (unpaired) electrons. The number of nitrogens with one attached hydrogen (secondary N) is 1. The Morgan fingerprint density at radius 1 is 1.24 bits per heavy atom. The number of rotatable bonds is 4. The van der Waals surface area contributed by atoms with Crippen molar-refractivity contribution in [1.82, 2.24) is 10.2 Å². The number of halogens is 4. The first kappa shape index (κ1) is 16.7. The van der Waals surface area contributed by atoms with E-state index in [4.69, 9.17) is 28.3 Å². The zero-order chi connectivity index (χ0) is 15.6. The van der Waals surface area contributed by atoms with E-state index in [0.29, 0.717) is 26.2 Å². The van der Waals surface area contributed by atoms with E-state index in [0.717, 1.165) is 0 Å². The van der Waals surface area contributed by atoms with Gasteiger partial charge in [-0.1, -0.05) is 23.2 Å². The highest BCUT2D eigenvalue weighted by Crippen LogP contribution is 2.41. The predicted octanol–water partition coefficient (Wildman–Crippen LogP) is 2.27. The number of benzene rings is 1. The van der Waals surface area contributed by atoms with Gasteiger partial charge in [0, 0.05) is 26.2 Å². The van der Waals surface area contributed by atoms with E-state index in [9.17, 15) is 13.9 Å². The van der Waals surface area contributed by atoms with Crippen molar-refractivity contribution in [3.63, 3.8) is 0 Å². The van der Waals surface area contributed by atoms with E-state index in [-0.39, 0.29) is 21.4 Å². The molecule has 4 nitrogen and oxygen atoms in total. The number of phenolic OH excluding ortho intramolecular Hbond substituents is 1. The van der Waals surface area contributed by atoms with E-state index in [1.165, 1.54) is 12.1 Å². The summed E-state index contributed by atoms with van der Waals surface area (Å²) < 4.78 is 28.4. The van der Waals surface area contributed by atoms with Crippen molar-refractivity contribution in [2.75, 3.05) is 32.8 Å². The minimum Gasteiger partial charge on any atom is -0.505 e. The number of hydrogen-bond donors (Lipinski definition) is 3. The zero-order valence-corrected chi connectivity index (χ0v) is 12.6. The Morgan fingerprint density at radius 3 is 2.24 bits per heavy atom. The van der Waals surface area contributed by atoms with Crippen LogP contribution in [-0.4, -0.2) is 53.8 Å². The van der Waals surface area contributed by atoms with Crippen LogP contribution in [0, 0.1) is 0 Å². The van der Waals surface area contributed by atoms with Gasteiger partial charge in [-0.3, -0.25) is 4.90 Å². The molecule has 0 saturated carbocycles. The molecule has 1 fully saturated rings. The summed E-state index contributed by atoms with van der Waals surface area (Å²) in [5.41, 5.74) is 0.170. The zero-order valence-electron chi connectivity index (χ0n) is 11.1. The standard InChI is InChI=1S/C13H16Cl2F2N2O2/c14-9-5-8(6-10(15)11(9)21)12(13(16,17)7-20)19-3-1-18-2-4-19/h5-6,12,18,20-21H,1-4,7H2/t12-/m1/s1. The fourth-order valence-corrected chi connectivity index (χ4v) is 3.00. The highest BCUT2D eigenvalue weighted by Gasteiger charge is 2.44. The highest BCUT2D eigenvalue weighted by molar-refractivity contribution is 6.37. The molecule has 8 heteroatoms. The second-order valence-electron chi connectivity index (χ2n) is 4.94. The average molecular weight is 341 g/mol. The van der Waals surface area contributed by atoms with Gasteiger partial charge in [-0.15, -0.1) is 0 Å². The summed E-state index contributed by atoms with van der Waals surface area (Å²) >= 11 is 11.6. The van der Waals surface area contributed by atoms with Crippen LogP contribution in [0.5, 0.6) is 5.75 Å². The van der Waals surface area contributed by atoms with E-state index in [2.05, 4.69) is 5.32 Å². The van der Waals surface area contributed by atoms with Crippen LogP contribution in [0.1, 0.15) is 11.6 Å². The molecule has 0 bridgehead atoms. The monoisotopic (exact) mass is 340 g/mol. The predicted molar refractivity (Wildman–Crippen MR) is 77.3 cm³/mol. The topological polar surface area (TPSA) is 55.7 Å². The van der Waals surface area contributed by atoms with Crippen LogP contribution < -0.4 is 5.32 Å². The molecule has 3 N–H and O–H groups in total. The van der Waals surface area contributed by atoms with Gasteiger partial charge in [-0.05, 0) is 17.7 Å². The lowest BCUT2D eigenvalue weighted by Gasteiger charge is -2.38. The minimum absolute atomic E-state index is 0.0913. The third-order valence-corrected chi connectivity index (χ3v) is 4.06. The summed E-state index contributed by atoms with van der Waals surface area (Å²) in [4.78, 5) is 1.58. The fourth-order valence-electron chi connectivity index (χ4n) is 2.49. The minimum atomic E-state index is -3.35. The van der Waals surface area contributed by atoms with Crippen LogP contribution >= 0.6 is 23.2 Å². The Morgan fingerprint density at radius 2 is 1.76 bits per heavy atom. The maximum Gasteiger partial charge on any atom is 0.289 e. The third kappa shape index (κ3) is 3.57. The van der Waals surface area contributed by atoms with Gasteiger partial charge in [0.1, 0.15) is 12.6 Å². The van der Waals surface area contributed by atoms with Crippen molar-refractivity contribution >= 4 is 23.2 Å². The van der Waals surface area contributed by atoms with E-state index in [1.54, 1.807) is 4.90 Å². The molecule has 0 aliphatic carbocycles. The molecule has 1 aliphatic rings. The molecule has 1 aromatic carbocycles. The molecule has 0 amide bonds. The first-order valence-corrected chi connectivity index (χ1v) is 7.24. The van der Waals surface area contributed by atoms with Crippen molar-refractivity contribution in [3.8, 4) is 5.75 Å². The van der Waals surface area contributed by atoms with Gasteiger partial charge >= 0.3 is 0 Å². The van der Waals surface area contributed by atoms with Crippen molar-refractivity contribution in [3.05, 3.63) is 27.7 Å². The van der Waals surface area contributed by atoms with Crippen molar-refractivity contribution < 1.29 is 19.0 Å². The molecule has 2 rings (SSSR count). The number of aliphatic hydroxyl groups is 1. The van der Waals surface area contributed by atoms with Gasteiger partial charge in [-0.25, -0.2) is 8.78 Å². The van der Waals surface area contributed by atoms with Gasteiger partial charge in [0.25, 0.3) is 5.92 Å². The van der Waals surface area contributed by atoms with Crippen LogP contribution in [0.15, 0.2) is 12.1 Å². The van der Waals surface area contributed by atoms with Crippen LogP contribution in [0.4, 0.5) is 8.78 Å².